The highest BCUT2D eigenvalue weighted by Crippen LogP contribution is 2.25. The average molecular weight is 472 g/mol. The topological polar surface area (TPSA) is 45.6 Å². The second kappa shape index (κ2) is 11.9. The Morgan fingerprint density at radius 3 is 2.20 bits per heavy atom. The van der Waals surface area contributed by atoms with E-state index < -0.39 is 0 Å². The highest BCUT2D eigenvalue weighted by atomic mass is 16.2. The standard InChI is InChI=1S/C30H37N3O2/c1-24(2)32(30(35)26-15-8-4-9-16-26)23-29(34)33(27-17-10-5-11-18-27)22-28-19-12-20-31(28)21-25-13-6-3-7-14-25/h3-4,6-9,12-16,19-20,24,27H,5,10-11,17-18,21-23H2,1-2H3. The summed E-state index contributed by atoms with van der Waals surface area (Å²) in [4.78, 5) is 30.8. The molecule has 5 nitrogen and oxygen atoms in total. The van der Waals surface area contributed by atoms with Gasteiger partial charge in [0, 0.05) is 36.1 Å². The lowest BCUT2D eigenvalue weighted by Gasteiger charge is -2.37. The van der Waals surface area contributed by atoms with Crippen LogP contribution in [0.3, 0.4) is 0 Å². The molecule has 35 heavy (non-hydrogen) atoms. The summed E-state index contributed by atoms with van der Waals surface area (Å²) < 4.78 is 2.23. The van der Waals surface area contributed by atoms with Gasteiger partial charge in [-0.25, -0.2) is 0 Å². The zero-order chi connectivity index (χ0) is 24.6. The molecule has 2 aromatic carbocycles. The summed E-state index contributed by atoms with van der Waals surface area (Å²) in [7, 11) is 0. The fraction of sp³-hybridized carbons (Fsp3) is 0.400. The molecule has 0 aliphatic heterocycles. The van der Waals surface area contributed by atoms with Crippen molar-refractivity contribution in [3.63, 3.8) is 0 Å². The van der Waals surface area contributed by atoms with E-state index in [2.05, 4.69) is 47.2 Å². The molecule has 0 radical (unpaired) electrons. The largest absolute Gasteiger partial charge is 0.345 e. The predicted octanol–water partition coefficient (Wildman–Crippen LogP) is 5.75. The number of hydrogen-bond acceptors (Lipinski definition) is 2. The van der Waals surface area contributed by atoms with Crippen LogP contribution in [0.15, 0.2) is 79.0 Å². The zero-order valence-corrected chi connectivity index (χ0v) is 21.0. The molecule has 0 spiro atoms. The van der Waals surface area contributed by atoms with Crippen LogP contribution < -0.4 is 0 Å². The van der Waals surface area contributed by atoms with Crippen LogP contribution in [0.5, 0.6) is 0 Å². The van der Waals surface area contributed by atoms with Crippen LogP contribution in [0, 0.1) is 0 Å². The number of aromatic nitrogens is 1. The first-order valence-corrected chi connectivity index (χ1v) is 12.9. The molecule has 1 aliphatic carbocycles. The minimum Gasteiger partial charge on any atom is -0.345 e. The molecular weight excluding hydrogens is 434 g/mol. The summed E-state index contributed by atoms with van der Waals surface area (Å²) in [5.41, 5.74) is 2.98. The second-order valence-electron chi connectivity index (χ2n) is 9.82. The van der Waals surface area contributed by atoms with Gasteiger partial charge in [0.15, 0.2) is 0 Å². The van der Waals surface area contributed by atoms with E-state index in [1.54, 1.807) is 4.90 Å². The summed E-state index contributed by atoms with van der Waals surface area (Å²) in [6, 6.07) is 24.0. The number of nitrogens with zero attached hydrogens (tertiary/aromatic N) is 3. The Kier molecular flexibility index (Phi) is 8.40. The third-order valence-corrected chi connectivity index (χ3v) is 7.00. The summed E-state index contributed by atoms with van der Waals surface area (Å²) >= 11 is 0. The first kappa shape index (κ1) is 24.8. The quantitative estimate of drug-likeness (QED) is 0.399. The van der Waals surface area contributed by atoms with Crippen LogP contribution in [0.1, 0.15) is 67.6 Å². The molecule has 1 aliphatic rings. The zero-order valence-electron chi connectivity index (χ0n) is 21.0. The van der Waals surface area contributed by atoms with E-state index in [-0.39, 0.29) is 30.4 Å². The molecule has 5 heteroatoms. The van der Waals surface area contributed by atoms with Crippen molar-refractivity contribution in [3.05, 3.63) is 95.8 Å². The molecule has 0 unspecified atom stereocenters. The van der Waals surface area contributed by atoms with Crippen molar-refractivity contribution in [1.29, 1.82) is 0 Å². The molecule has 2 amide bonds. The van der Waals surface area contributed by atoms with Gasteiger partial charge in [-0.15, -0.1) is 0 Å². The molecule has 1 aromatic heterocycles. The van der Waals surface area contributed by atoms with Gasteiger partial charge in [-0.2, -0.15) is 0 Å². The minimum atomic E-state index is -0.0926. The normalized spacial score (nSPS) is 14.1. The molecule has 1 heterocycles. The van der Waals surface area contributed by atoms with Crippen LogP contribution in [-0.4, -0.2) is 44.8 Å². The maximum absolute atomic E-state index is 13.8. The number of hydrogen-bond donors (Lipinski definition) is 0. The molecule has 0 N–H and O–H groups in total. The molecular formula is C30H37N3O2. The fourth-order valence-electron chi connectivity index (χ4n) is 4.99. The van der Waals surface area contributed by atoms with Crippen molar-refractivity contribution in [2.24, 2.45) is 0 Å². The monoisotopic (exact) mass is 471 g/mol. The van der Waals surface area contributed by atoms with E-state index in [1.807, 2.05) is 55.1 Å². The molecule has 4 rings (SSSR count). The Balaban J connectivity index is 1.54. The average Bonchev–Trinajstić information content (AvgIpc) is 3.33. The first-order chi connectivity index (χ1) is 17.0. The van der Waals surface area contributed by atoms with Crippen LogP contribution in [0.25, 0.3) is 0 Å². The summed E-state index contributed by atoms with van der Waals surface area (Å²) in [5, 5.41) is 0. The van der Waals surface area contributed by atoms with Crippen molar-refractivity contribution in [2.75, 3.05) is 6.54 Å². The van der Waals surface area contributed by atoms with Crippen LogP contribution >= 0.6 is 0 Å². The van der Waals surface area contributed by atoms with Gasteiger partial charge in [0.1, 0.15) is 6.54 Å². The Morgan fingerprint density at radius 2 is 1.54 bits per heavy atom. The van der Waals surface area contributed by atoms with Crippen LogP contribution in [-0.2, 0) is 17.9 Å². The maximum atomic E-state index is 13.8. The Hall–Kier alpha value is -3.34. The van der Waals surface area contributed by atoms with Gasteiger partial charge in [0.2, 0.25) is 5.91 Å². The molecule has 1 saturated carbocycles. The molecule has 0 bridgehead atoms. The van der Waals surface area contributed by atoms with Crippen molar-refractivity contribution in [1.82, 2.24) is 14.4 Å². The summed E-state index contributed by atoms with van der Waals surface area (Å²) in [6.45, 7) is 5.39. The third kappa shape index (κ3) is 6.41. The molecule has 1 fully saturated rings. The van der Waals surface area contributed by atoms with E-state index in [0.29, 0.717) is 12.1 Å². The number of carbonyl (C=O) groups excluding carboxylic acids is 2. The van der Waals surface area contributed by atoms with Crippen molar-refractivity contribution < 1.29 is 9.59 Å². The first-order valence-electron chi connectivity index (χ1n) is 12.9. The Labute approximate surface area is 209 Å². The van der Waals surface area contributed by atoms with Crippen molar-refractivity contribution >= 4 is 11.8 Å². The highest BCUT2D eigenvalue weighted by molar-refractivity contribution is 5.96. The number of benzene rings is 2. The lowest BCUT2D eigenvalue weighted by Crippen LogP contribution is -2.49. The fourth-order valence-corrected chi connectivity index (χ4v) is 4.99. The maximum Gasteiger partial charge on any atom is 0.254 e. The van der Waals surface area contributed by atoms with Gasteiger partial charge in [-0.3, -0.25) is 9.59 Å². The van der Waals surface area contributed by atoms with Gasteiger partial charge < -0.3 is 14.4 Å². The number of rotatable bonds is 9. The lowest BCUT2D eigenvalue weighted by molar-refractivity contribution is -0.136. The van der Waals surface area contributed by atoms with Crippen molar-refractivity contribution in [2.45, 2.75) is 71.1 Å². The highest BCUT2D eigenvalue weighted by Gasteiger charge is 2.30. The van der Waals surface area contributed by atoms with Gasteiger partial charge in [-0.05, 0) is 56.5 Å². The van der Waals surface area contributed by atoms with Gasteiger partial charge in [0.05, 0.1) is 6.54 Å². The molecule has 184 valence electrons. The molecule has 0 atom stereocenters. The van der Waals surface area contributed by atoms with E-state index >= 15 is 0 Å². The summed E-state index contributed by atoms with van der Waals surface area (Å²) in [5.74, 6) is -0.0626. The van der Waals surface area contributed by atoms with E-state index in [9.17, 15) is 9.59 Å². The Bertz CT molecular complexity index is 1090. The SMILES string of the molecule is CC(C)N(CC(=O)N(Cc1cccn1Cc1ccccc1)C1CCCCC1)C(=O)c1ccccc1. The van der Waals surface area contributed by atoms with E-state index in [1.165, 1.54) is 12.0 Å². The number of carbonyl (C=O) groups is 2. The molecule has 3 aromatic rings. The van der Waals surface area contributed by atoms with Crippen molar-refractivity contribution in [3.8, 4) is 0 Å². The summed E-state index contributed by atoms with van der Waals surface area (Å²) in [6.07, 6.45) is 7.67. The molecule has 0 saturated heterocycles. The minimum absolute atomic E-state index is 0.0299. The van der Waals surface area contributed by atoms with Gasteiger partial charge in [-0.1, -0.05) is 67.8 Å². The van der Waals surface area contributed by atoms with Gasteiger partial charge in [0.25, 0.3) is 5.91 Å². The second-order valence-corrected chi connectivity index (χ2v) is 9.82. The third-order valence-electron chi connectivity index (χ3n) is 7.00. The van der Waals surface area contributed by atoms with Crippen LogP contribution in [0.2, 0.25) is 0 Å². The number of amides is 2. The van der Waals surface area contributed by atoms with Crippen LogP contribution in [0.4, 0.5) is 0 Å². The van der Waals surface area contributed by atoms with E-state index in [0.717, 1.165) is 37.9 Å². The predicted molar refractivity (Wildman–Crippen MR) is 140 cm³/mol. The Morgan fingerprint density at radius 1 is 0.886 bits per heavy atom. The lowest BCUT2D eigenvalue weighted by atomic mass is 9.94. The smallest absolute Gasteiger partial charge is 0.254 e. The van der Waals surface area contributed by atoms with Gasteiger partial charge >= 0.3 is 0 Å². The van der Waals surface area contributed by atoms with E-state index in [4.69, 9.17) is 0 Å².